The van der Waals surface area contributed by atoms with Crippen LogP contribution in [0.1, 0.15) is 59.3 Å². The molecule has 13 heteroatoms. The minimum atomic E-state index is -1.85. The van der Waals surface area contributed by atoms with Gasteiger partial charge in [0.15, 0.2) is 19.3 Å². The Bertz CT molecular complexity index is 1330. The van der Waals surface area contributed by atoms with Crippen LogP contribution in [0.3, 0.4) is 0 Å². The molecule has 42 heavy (non-hydrogen) atoms. The van der Waals surface area contributed by atoms with Gasteiger partial charge in [-0.05, 0) is 63.2 Å². The third-order valence-corrected chi connectivity index (χ3v) is 15.2. The second-order valence-electron chi connectivity index (χ2n) is 13.9. The number of ether oxygens (including phenoxy) is 1. The number of hydrogen-bond acceptors (Lipinski definition) is 10. The van der Waals surface area contributed by atoms with Gasteiger partial charge >= 0.3 is 12.5 Å². The smallest absolute Gasteiger partial charge is 0.319 e. The normalized spacial score (nSPS) is 28.5. The maximum absolute atomic E-state index is 15.3. The molecule has 0 amide bonds. The fraction of sp³-hybridized carbons (Fsp3) is 0.724. The van der Waals surface area contributed by atoms with Crippen molar-refractivity contribution in [2.75, 3.05) is 37.7 Å². The molecule has 2 bridgehead atoms. The number of carbonyl (C=O) groups is 1. The molecule has 6 heterocycles. The standard InChI is InChI=1S/C29H42ClFN6O4Si/c1-28(2,3)42(4,5)41-16-21-9-11-29(10-6-12-36(21)29)17-39-27-33-24-22(13-32-25(30)23(24)31)26(34-27)35-14-19-7-8-20(15-35)37(19)40-18-38/h13,18-21H,6-12,14-17H2,1-5H3. The first-order chi connectivity index (χ1) is 19.9. The van der Waals surface area contributed by atoms with Crippen LogP contribution < -0.4 is 9.64 Å². The van der Waals surface area contributed by atoms with Gasteiger partial charge in [0.2, 0.25) is 0 Å². The van der Waals surface area contributed by atoms with Crippen LogP contribution in [0.25, 0.3) is 10.9 Å². The van der Waals surface area contributed by atoms with Crippen molar-refractivity contribution in [3.05, 3.63) is 17.2 Å². The van der Waals surface area contributed by atoms with E-state index in [-0.39, 0.29) is 39.3 Å². The van der Waals surface area contributed by atoms with Crippen molar-refractivity contribution in [3.8, 4) is 6.01 Å². The van der Waals surface area contributed by atoms with E-state index in [1.54, 1.807) is 5.06 Å². The largest absolute Gasteiger partial charge is 0.461 e. The number of hydroxylamine groups is 2. The van der Waals surface area contributed by atoms with E-state index in [4.69, 9.17) is 30.6 Å². The predicted molar refractivity (Wildman–Crippen MR) is 161 cm³/mol. The molecule has 4 unspecified atom stereocenters. The number of rotatable bonds is 9. The summed E-state index contributed by atoms with van der Waals surface area (Å²) in [5.41, 5.74) is -0.00702. The molecule has 4 saturated heterocycles. The zero-order chi connectivity index (χ0) is 29.9. The third-order valence-electron chi connectivity index (χ3n) is 10.4. The summed E-state index contributed by atoms with van der Waals surface area (Å²) in [7, 11) is -1.85. The quantitative estimate of drug-likeness (QED) is 0.218. The number of hydrogen-bond donors (Lipinski definition) is 0. The van der Waals surface area contributed by atoms with Crippen molar-refractivity contribution in [1.29, 1.82) is 0 Å². The lowest BCUT2D eigenvalue weighted by Gasteiger charge is -2.39. The Labute approximate surface area is 252 Å². The number of anilines is 1. The highest BCUT2D eigenvalue weighted by atomic mass is 35.5. The maximum atomic E-state index is 15.3. The molecule has 2 aromatic rings. The molecule has 0 aromatic carbocycles. The Kier molecular flexibility index (Phi) is 7.91. The molecular weight excluding hydrogens is 579 g/mol. The Morgan fingerprint density at radius 1 is 1.17 bits per heavy atom. The van der Waals surface area contributed by atoms with Gasteiger partial charge in [-0.3, -0.25) is 9.69 Å². The van der Waals surface area contributed by atoms with Gasteiger partial charge in [-0.1, -0.05) is 32.4 Å². The zero-order valence-corrected chi connectivity index (χ0v) is 27.0. The molecule has 2 aromatic heterocycles. The van der Waals surface area contributed by atoms with Gasteiger partial charge in [0.1, 0.15) is 17.9 Å². The number of piperazine rings is 1. The van der Waals surface area contributed by atoms with Gasteiger partial charge in [0, 0.05) is 31.9 Å². The van der Waals surface area contributed by atoms with Crippen LogP contribution in [-0.4, -0.2) is 96.2 Å². The molecule has 4 atom stereocenters. The summed E-state index contributed by atoms with van der Waals surface area (Å²) in [4.78, 5) is 34.4. The highest BCUT2D eigenvalue weighted by Gasteiger charge is 2.51. The van der Waals surface area contributed by atoms with Crippen molar-refractivity contribution in [2.24, 2.45) is 0 Å². The molecule has 4 aliphatic heterocycles. The lowest BCUT2D eigenvalue weighted by atomic mass is 9.95. The lowest BCUT2D eigenvalue weighted by molar-refractivity contribution is -0.191. The van der Waals surface area contributed by atoms with Gasteiger partial charge in [-0.25, -0.2) is 9.37 Å². The van der Waals surface area contributed by atoms with Crippen LogP contribution in [-0.2, 0) is 14.1 Å². The van der Waals surface area contributed by atoms with Gasteiger partial charge in [0.05, 0.1) is 23.0 Å². The van der Waals surface area contributed by atoms with E-state index in [0.717, 1.165) is 51.7 Å². The number of aromatic nitrogens is 3. The molecule has 4 fully saturated rings. The lowest BCUT2D eigenvalue weighted by Crippen LogP contribution is -2.53. The van der Waals surface area contributed by atoms with Crippen molar-refractivity contribution in [1.82, 2.24) is 24.9 Å². The molecule has 10 nitrogen and oxygen atoms in total. The van der Waals surface area contributed by atoms with Gasteiger partial charge in [-0.2, -0.15) is 9.97 Å². The van der Waals surface area contributed by atoms with Crippen molar-refractivity contribution in [3.63, 3.8) is 0 Å². The summed E-state index contributed by atoms with van der Waals surface area (Å²) in [6, 6.07) is 0.562. The minimum Gasteiger partial charge on any atom is -0.461 e. The molecule has 0 saturated carbocycles. The topological polar surface area (TPSA) is 93.1 Å². The van der Waals surface area contributed by atoms with E-state index in [1.807, 2.05) is 0 Å². The first kappa shape index (κ1) is 29.9. The monoisotopic (exact) mass is 620 g/mol. The van der Waals surface area contributed by atoms with Crippen LogP contribution in [0, 0.1) is 5.82 Å². The fourth-order valence-corrected chi connectivity index (χ4v) is 8.25. The Balaban J connectivity index is 1.23. The second kappa shape index (κ2) is 11.1. The van der Waals surface area contributed by atoms with Gasteiger partial charge < -0.3 is 18.9 Å². The fourth-order valence-electron chi connectivity index (χ4n) is 7.07. The van der Waals surface area contributed by atoms with Gasteiger partial charge in [-0.15, -0.1) is 5.06 Å². The summed E-state index contributed by atoms with van der Waals surface area (Å²) in [6.07, 6.45) is 7.55. The average Bonchev–Trinajstić information content (AvgIpc) is 3.57. The second-order valence-corrected chi connectivity index (χ2v) is 19.0. The number of pyridine rings is 1. The van der Waals surface area contributed by atoms with E-state index in [0.29, 0.717) is 43.4 Å². The molecule has 6 rings (SSSR count). The predicted octanol–water partition coefficient (Wildman–Crippen LogP) is 4.96. The van der Waals surface area contributed by atoms with Crippen LogP contribution in [0.15, 0.2) is 6.20 Å². The Hall–Kier alpha value is -2.12. The minimum absolute atomic E-state index is 0.0309. The molecule has 230 valence electrons. The third kappa shape index (κ3) is 5.27. The first-order valence-corrected chi connectivity index (χ1v) is 18.4. The van der Waals surface area contributed by atoms with E-state index in [2.05, 4.69) is 53.6 Å². The summed E-state index contributed by atoms with van der Waals surface area (Å²) in [5.74, 6) is -0.119. The molecule has 0 spiro atoms. The first-order valence-electron chi connectivity index (χ1n) is 15.1. The van der Waals surface area contributed by atoms with Crippen LogP contribution >= 0.6 is 11.6 Å². The molecule has 0 N–H and O–H groups in total. The molecule has 0 radical (unpaired) electrons. The Morgan fingerprint density at radius 2 is 1.90 bits per heavy atom. The molecular formula is C29H42ClFN6O4Si. The Morgan fingerprint density at radius 3 is 2.60 bits per heavy atom. The number of fused-ring (bicyclic) bond motifs is 4. The molecule has 4 aliphatic rings. The number of carbonyl (C=O) groups excluding carboxylic acids is 1. The summed E-state index contributed by atoms with van der Waals surface area (Å²) >= 11 is 6.07. The van der Waals surface area contributed by atoms with Crippen molar-refractivity contribution < 1.29 is 23.2 Å². The average molecular weight is 621 g/mol. The summed E-state index contributed by atoms with van der Waals surface area (Å²) in [6.45, 7) is 15.3. The summed E-state index contributed by atoms with van der Waals surface area (Å²) < 4.78 is 28.3. The van der Waals surface area contributed by atoms with E-state index in [1.165, 1.54) is 6.20 Å². The summed E-state index contributed by atoms with van der Waals surface area (Å²) in [5, 5.41) is 2.20. The van der Waals surface area contributed by atoms with E-state index in [9.17, 15) is 4.79 Å². The van der Waals surface area contributed by atoms with Gasteiger partial charge in [0.25, 0.3) is 0 Å². The van der Waals surface area contributed by atoms with Crippen molar-refractivity contribution in [2.45, 2.75) is 101 Å². The van der Waals surface area contributed by atoms with Crippen LogP contribution in [0.4, 0.5) is 10.2 Å². The molecule has 0 aliphatic carbocycles. The SMILES string of the molecule is CC(C)(C)[Si](C)(C)OCC1CCC2(COc3nc(N4CC5CCC(C4)N5OC=O)c4cnc(Cl)c(F)c4n3)CCCN12. The number of nitrogens with zero attached hydrogens (tertiary/aromatic N) is 6. The highest BCUT2D eigenvalue weighted by Crippen LogP contribution is 2.44. The van der Waals surface area contributed by atoms with Crippen molar-refractivity contribution >= 4 is 43.1 Å². The van der Waals surface area contributed by atoms with E-state index >= 15 is 4.39 Å². The van der Waals surface area contributed by atoms with E-state index < -0.39 is 14.1 Å². The number of halogens is 2. The maximum Gasteiger partial charge on any atom is 0.319 e. The highest BCUT2D eigenvalue weighted by molar-refractivity contribution is 6.74. The van der Waals surface area contributed by atoms with Crippen LogP contribution in [0.2, 0.25) is 23.3 Å². The van der Waals surface area contributed by atoms with Crippen LogP contribution in [0.5, 0.6) is 6.01 Å². The zero-order valence-electron chi connectivity index (χ0n) is 25.2.